The lowest BCUT2D eigenvalue weighted by molar-refractivity contribution is -0.140. The molecule has 6 nitrogen and oxygen atoms in total. The van der Waals surface area contributed by atoms with Gasteiger partial charge in [0.1, 0.15) is 12.6 Å². The number of alkyl carbamates (subject to hydrolysis) is 1. The second kappa shape index (κ2) is 14.5. The SMILES string of the molecule is Cc1ccc(C(NC(CCCCNC(=O)OCC2c3ccccc3-c3ccccc32)C(=O)O)(c2ccccc2)c2ccccc2)cc1. The minimum Gasteiger partial charge on any atom is -0.480 e. The van der Waals surface area contributed by atoms with Crippen molar-refractivity contribution in [3.8, 4) is 11.1 Å². The van der Waals surface area contributed by atoms with Gasteiger partial charge in [0.25, 0.3) is 0 Å². The van der Waals surface area contributed by atoms with Crippen LogP contribution in [0, 0.1) is 6.92 Å². The van der Waals surface area contributed by atoms with Crippen molar-refractivity contribution in [2.24, 2.45) is 0 Å². The van der Waals surface area contributed by atoms with Crippen molar-refractivity contribution in [2.75, 3.05) is 13.2 Å². The highest BCUT2D eigenvalue weighted by Gasteiger charge is 2.39. The molecular formula is C41H40N2O4. The number of nitrogens with one attached hydrogen (secondary N) is 2. The van der Waals surface area contributed by atoms with Crippen LogP contribution in [-0.2, 0) is 15.1 Å². The fourth-order valence-corrected chi connectivity index (χ4v) is 6.76. The molecule has 3 N–H and O–H groups in total. The number of carbonyl (C=O) groups excluding carboxylic acids is 1. The number of rotatable bonds is 13. The first-order chi connectivity index (χ1) is 23.0. The maximum atomic E-state index is 12.7. The van der Waals surface area contributed by atoms with Crippen molar-refractivity contribution in [1.82, 2.24) is 10.6 Å². The molecule has 1 aliphatic rings. The van der Waals surface area contributed by atoms with Crippen LogP contribution in [0.2, 0.25) is 0 Å². The first-order valence-electron chi connectivity index (χ1n) is 16.2. The zero-order chi connectivity index (χ0) is 32.6. The molecular weight excluding hydrogens is 584 g/mol. The first kappa shape index (κ1) is 31.8. The summed E-state index contributed by atoms with van der Waals surface area (Å²) < 4.78 is 5.67. The van der Waals surface area contributed by atoms with Gasteiger partial charge in [0.15, 0.2) is 0 Å². The quantitative estimate of drug-likeness (QED) is 0.0912. The Bertz CT molecular complexity index is 1720. The van der Waals surface area contributed by atoms with Gasteiger partial charge in [-0.3, -0.25) is 10.1 Å². The first-order valence-corrected chi connectivity index (χ1v) is 16.2. The summed E-state index contributed by atoms with van der Waals surface area (Å²) >= 11 is 0. The predicted octanol–water partition coefficient (Wildman–Crippen LogP) is 8.04. The number of aryl methyl sites for hydroxylation is 1. The summed E-state index contributed by atoms with van der Waals surface area (Å²) in [6, 6.07) is 43.9. The Hall–Kier alpha value is -5.20. The van der Waals surface area contributed by atoms with Crippen molar-refractivity contribution in [3.63, 3.8) is 0 Å². The average Bonchev–Trinajstić information content (AvgIpc) is 3.43. The lowest BCUT2D eigenvalue weighted by atomic mass is 9.76. The normalized spacial score (nSPS) is 13.0. The highest BCUT2D eigenvalue weighted by molar-refractivity contribution is 5.79. The van der Waals surface area contributed by atoms with Crippen LogP contribution < -0.4 is 10.6 Å². The second-order valence-electron chi connectivity index (χ2n) is 12.1. The van der Waals surface area contributed by atoms with Crippen LogP contribution in [0.15, 0.2) is 133 Å². The molecule has 0 heterocycles. The molecule has 1 amide bonds. The number of unbranched alkanes of at least 4 members (excludes halogenated alkanes) is 1. The van der Waals surface area contributed by atoms with E-state index in [1.54, 1.807) is 0 Å². The number of ether oxygens (including phenoxy) is 1. The molecule has 1 unspecified atom stereocenters. The van der Waals surface area contributed by atoms with Gasteiger partial charge in [0.2, 0.25) is 0 Å². The van der Waals surface area contributed by atoms with E-state index < -0.39 is 23.6 Å². The summed E-state index contributed by atoms with van der Waals surface area (Å²) in [5, 5.41) is 16.9. The van der Waals surface area contributed by atoms with E-state index >= 15 is 0 Å². The molecule has 0 fully saturated rings. The fraction of sp³-hybridized carbons (Fsp3) is 0.220. The van der Waals surface area contributed by atoms with E-state index in [4.69, 9.17) is 4.74 Å². The maximum Gasteiger partial charge on any atom is 0.407 e. The Morgan fingerprint density at radius 3 is 1.77 bits per heavy atom. The van der Waals surface area contributed by atoms with E-state index in [1.807, 2.05) is 91.9 Å². The van der Waals surface area contributed by atoms with Crippen LogP contribution in [0.4, 0.5) is 4.79 Å². The van der Waals surface area contributed by atoms with Crippen molar-refractivity contribution in [2.45, 2.75) is 43.7 Å². The number of hydrogen-bond donors (Lipinski definition) is 3. The highest BCUT2D eigenvalue weighted by Crippen LogP contribution is 2.44. The Balaban J connectivity index is 1.10. The van der Waals surface area contributed by atoms with E-state index in [9.17, 15) is 14.7 Å². The molecule has 0 saturated heterocycles. The minimum absolute atomic E-state index is 0.00132. The fourth-order valence-electron chi connectivity index (χ4n) is 6.76. The van der Waals surface area contributed by atoms with Crippen LogP contribution in [0.5, 0.6) is 0 Å². The van der Waals surface area contributed by atoms with E-state index in [2.05, 4.69) is 59.2 Å². The number of hydrogen-bond acceptors (Lipinski definition) is 4. The number of aliphatic carboxylic acids is 1. The molecule has 238 valence electrons. The van der Waals surface area contributed by atoms with Crippen LogP contribution in [0.3, 0.4) is 0 Å². The predicted molar refractivity (Wildman–Crippen MR) is 185 cm³/mol. The van der Waals surface area contributed by atoms with E-state index in [0.717, 1.165) is 22.3 Å². The summed E-state index contributed by atoms with van der Waals surface area (Å²) in [5.41, 5.74) is 7.82. The number of carbonyl (C=O) groups is 2. The third kappa shape index (κ3) is 6.83. The van der Waals surface area contributed by atoms with Crippen LogP contribution in [0.1, 0.15) is 58.6 Å². The number of carboxylic acid groups (broad SMARTS) is 1. The number of benzene rings is 5. The van der Waals surface area contributed by atoms with Crippen LogP contribution in [-0.4, -0.2) is 36.4 Å². The van der Waals surface area contributed by atoms with Gasteiger partial charge in [-0.05, 0) is 65.1 Å². The number of fused-ring (bicyclic) bond motifs is 3. The molecule has 0 saturated carbocycles. The Morgan fingerprint density at radius 1 is 0.702 bits per heavy atom. The van der Waals surface area contributed by atoms with Gasteiger partial charge in [-0.15, -0.1) is 0 Å². The average molecular weight is 625 g/mol. The van der Waals surface area contributed by atoms with Gasteiger partial charge in [0.05, 0.1) is 5.54 Å². The standard InChI is InChI=1S/C41H40N2O4/c1-29-23-25-32(26-24-29)41(30-14-4-2-5-15-30,31-16-6-3-7-17-31)43-38(39(44)45)22-12-13-27-42-40(46)47-28-37-35-20-10-8-18-33(35)34-19-9-11-21-36(34)37/h2-11,14-21,23-26,37-38,43H,12-13,22,27-28H2,1H3,(H,42,46)(H,44,45). The largest absolute Gasteiger partial charge is 0.480 e. The Kier molecular flexibility index (Phi) is 9.79. The summed E-state index contributed by atoms with van der Waals surface area (Å²) in [4.78, 5) is 25.4. The molecule has 6 rings (SSSR count). The Labute approximate surface area is 276 Å². The molecule has 0 spiro atoms. The Morgan fingerprint density at radius 2 is 1.21 bits per heavy atom. The molecule has 47 heavy (non-hydrogen) atoms. The lowest BCUT2D eigenvalue weighted by Crippen LogP contribution is -2.52. The highest BCUT2D eigenvalue weighted by atomic mass is 16.5. The molecule has 5 aromatic rings. The van der Waals surface area contributed by atoms with Gasteiger partial charge in [-0.1, -0.05) is 139 Å². The number of carboxylic acids is 1. The molecule has 0 radical (unpaired) electrons. The summed E-state index contributed by atoms with van der Waals surface area (Å²) in [7, 11) is 0. The van der Waals surface area contributed by atoms with Gasteiger partial charge in [-0.2, -0.15) is 0 Å². The third-order valence-electron chi connectivity index (χ3n) is 9.12. The van der Waals surface area contributed by atoms with E-state index in [0.29, 0.717) is 25.8 Å². The zero-order valence-corrected chi connectivity index (χ0v) is 26.6. The zero-order valence-electron chi connectivity index (χ0n) is 26.6. The van der Waals surface area contributed by atoms with Gasteiger partial charge < -0.3 is 15.2 Å². The molecule has 6 heteroatoms. The van der Waals surface area contributed by atoms with Crippen molar-refractivity contribution in [1.29, 1.82) is 0 Å². The van der Waals surface area contributed by atoms with Crippen molar-refractivity contribution in [3.05, 3.63) is 167 Å². The van der Waals surface area contributed by atoms with Crippen molar-refractivity contribution < 1.29 is 19.4 Å². The number of amides is 1. The van der Waals surface area contributed by atoms with Crippen LogP contribution >= 0.6 is 0 Å². The maximum absolute atomic E-state index is 12.7. The lowest BCUT2D eigenvalue weighted by Gasteiger charge is -2.39. The van der Waals surface area contributed by atoms with Crippen molar-refractivity contribution >= 4 is 12.1 Å². The summed E-state index contributed by atoms with van der Waals surface area (Å²) in [6.07, 6.45) is 1.13. The molecule has 0 bridgehead atoms. The van der Waals surface area contributed by atoms with Gasteiger partial charge >= 0.3 is 12.1 Å². The molecule has 0 aromatic heterocycles. The summed E-state index contributed by atoms with van der Waals surface area (Å²) in [6.45, 7) is 2.69. The second-order valence-corrected chi connectivity index (χ2v) is 12.1. The molecule has 5 aromatic carbocycles. The topological polar surface area (TPSA) is 87.7 Å². The molecule has 0 aliphatic heterocycles. The molecule has 1 aliphatic carbocycles. The third-order valence-corrected chi connectivity index (χ3v) is 9.12. The van der Waals surface area contributed by atoms with Gasteiger partial charge in [-0.25, -0.2) is 4.79 Å². The van der Waals surface area contributed by atoms with E-state index in [-0.39, 0.29) is 12.5 Å². The minimum atomic E-state index is -0.919. The van der Waals surface area contributed by atoms with Crippen LogP contribution in [0.25, 0.3) is 11.1 Å². The summed E-state index contributed by atoms with van der Waals surface area (Å²) in [5.74, 6) is -0.920. The molecule has 1 atom stereocenters. The monoisotopic (exact) mass is 624 g/mol. The van der Waals surface area contributed by atoms with Gasteiger partial charge in [0, 0.05) is 12.5 Å². The van der Waals surface area contributed by atoms with E-state index in [1.165, 1.54) is 22.3 Å². The smallest absolute Gasteiger partial charge is 0.407 e.